The number of benzene rings is 1. The molecule has 10 heteroatoms. The van der Waals surface area contributed by atoms with Gasteiger partial charge in [-0.05, 0) is 24.6 Å². The van der Waals surface area contributed by atoms with Crippen molar-refractivity contribution in [1.29, 1.82) is 0 Å². The van der Waals surface area contributed by atoms with Gasteiger partial charge in [0.2, 0.25) is 0 Å². The molecular formula is C17H17F3N6O. The van der Waals surface area contributed by atoms with E-state index in [1.807, 2.05) is 13.1 Å². The Morgan fingerprint density at radius 2 is 2.00 bits per heavy atom. The minimum Gasteiger partial charge on any atom is -0.346 e. The van der Waals surface area contributed by atoms with Crippen molar-refractivity contribution in [2.24, 2.45) is 0 Å². The van der Waals surface area contributed by atoms with Crippen molar-refractivity contribution in [2.45, 2.75) is 32.7 Å². The number of nitrogens with one attached hydrogen (secondary N) is 1. The van der Waals surface area contributed by atoms with Crippen LogP contribution in [-0.2, 0) is 25.8 Å². The number of halogens is 3. The number of rotatable bonds is 6. The molecule has 0 saturated carbocycles. The lowest BCUT2D eigenvalue weighted by Crippen LogP contribution is -2.23. The highest BCUT2D eigenvalue weighted by Crippen LogP contribution is 2.29. The zero-order valence-electron chi connectivity index (χ0n) is 14.4. The van der Waals surface area contributed by atoms with Crippen LogP contribution >= 0.6 is 0 Å². The molecule has 142 valence electrons. The van der Waals surface area contributed by atoms with Gasteiger partial charge in [-0.15, -0.1) is 5.10 Å². The second-order valence-corrected chi connectivity index (χ2v) is 5.89. The summed E-state index contributed by atoms with van der Waals surface area (Å²) in [5.41, 5.74) is 0.616. The van der Waals surface area contributed by atoms with E-state index in [1.54, 1.807) is 16.9 Å². The molecule has 0 aliphatic rings. The number of carbonyl (C=O) groups excluding carboxylic acids is 1. The molecule has 2 aromatic heterocycles. The van der Waals surface area contributed by atoms with E-state index in [1.165, 1.54) is 16.9 Å². The molecule has 27 heavy (non-hydrogen) atoms. The first-order valence-corrected chi connectivity index (χ1v) is 8.21. The standard InChI is InChI=1S/C17H17F3N6O/c1-2-25-10-13(8-22-25)7-21-16(27)15-11-26(24-23-15)9-12-4-3-5-14(6-12)17(18,19)20/h3-6,8,10-11H,2,7,9H2,1H3,(H,21,27). The molecule has 1 aromatic carbocycles. The lowest BCUT2D eigenvalue weighted by Gasteiger charge is -2.08. The highest BCUT2D eigenvalue weighted by molar-refractivity contribution is 5.91. The van der Waals surface area contributed by atoms with Crippen molar-refractivity contribution in [1.82, 2.24) is 30.1 Å². The van der Waals surface area contributed by atoms with Crippen LogP contribution in [0.2, 0.25) is 0 Å². The molecule has 3 rings (SSSR count). The summed E-state index contributed by atoms with van der Waals surface area (Å²) in [6.07, 6.45) is 0.471. The van der Waals surface area contributed by atoms with Crippen molar-refractivity contribution in [3.8, 4) is 0 Å². The van der Waals surface area contributed by atoms with Gasteiger partial charge in [0.1, 0.15) is 0 Å². The van der Waals surface area contributed by atoms with Crippen molar-refractivity contribution in [3.05, 3.63) is 65.2 Å². The third-order valence-electron chi connectivity index (χ3n) is 3.83. The smallest absolute Gasteiger partial charge is 0.346 e. The average Bonchev–Trinajstić information content (AvgIpc) is 3.28. The third kappa shape index (κ3) is 4.72. The number of amides is 1. The second-order valence-electron chi connectivity index (χ2n) is 5.89. The normalized spacial score (nSPS) is 11.6. The minimum atomic E-state index is -4.41. The molecule has 0 fully saturated rings. The molecule has 0 aliphatic heterocycles. The summed E-state index contributed by atoms with van der Waals surface area (Å²) >= 11 is 0. The Hall–Kier alpha value is -3.17. The Kier molecular flexibility index (Phi) is 5.24. The summed E-state index contributed by atoms with van der Waals surface area (Å²) in [4.78, 5) is 12.1. The van der Waals surface area contributed by atoms with E-state index < -0.39 is 17.6 Å². The first kappa shape index (κ1) is 18.6. The summed E-state index contributed by atoms with van der Waals surface area (Å²) in [5, 5.41) is 14.4. The number of hydrogen-bond donors (Lipinski definition) is 1. The van der Waals surface area contributed by atoms with Crippen molar-refractivity contribution in [2.75, 3.05) is 0 Å². The highest BCUT2D eigenvalue weighted by atomic mass is 19.4. The maximum atomic E-state index is 12.8. The van der Waals surface area contributed by atoms with Crippen LogP contribution in [0.15, 0.2) is 42.9 Å². The van der Waals surface area contributed by atoms with Gasteiger partial charge in [0.05, 0.1) is 24.5 Å². The molecule has 0 bridgehead atoms. The Morgan fingerprint density at radius 3 is 2.70 bits per heavy atom. The van der Waals surface area contributed by atoms with E-state index in [-0.39, 0.29) is 12.2 Å². The fourth-order valence-electron chi connectivity index (χ4n) is 2.46. The maximum absolute atomic E-state index is 12.8. The van der Waals surface area contributed by atoms with Crippen LogP contribution in [0.1, 0.15) is 34.1 Å². The number of aryl methyl sites for hydroxylation is 1. The fourth-order valence-corrected chi connectivity index (χ4v) is 2.46. The van der Waals surface area contributed by atoms with Crippen LogP contribution in [-0.4, -0.2) is 30.7 Å². The fraction of sp³-hybridized carbons (Fsp3) is 0.294. The van der Waals surface area contributed by atoms with Gasteiger partial charge in [0, 0.05) is 24.8 Å². The number of alkyl halides is 3. The minimum absolute atomic E-state index is 0.0769. The van der Waals surface area contributed by atoms with Crippen LogP contribution in [0.4, 0.5) is 13.2 Å². The predicted octanol–water partition coefficient (Wildman–Crippen LogP) is 2.49. The average molecular weight is 378 g/mol. The van der Waals surface area contributed by atoms with Gasteiger partial charge in [0.15, 0.2) is 5.69 Å². The lowest BCUT2D eigenvalue weighted by atomic mass is 10.1. The highest BCUT2D eigenvalue weighted by Gasteiger charge is 2.30. The summed E-state index contributed by atoms with van der Waals surface area (Å²) < 4.78 is 41.4. The van der Waals surface area contributed by atoms with Crippen LogP contribution in [0.3, 0.4) is 0 Å². The Labute approximate surface area is 152 Å². The van der Waals surface area contributed by atoms with Crippen molar-refractivity contribution < 1.29 is 18.0 Å². The van der Waals surface area contributed by atoms with Gasteiger partial charge in [-0.1, -0.05) is 17.3 Å². The first-order valence-electron chi connectivity index (χ1n) is 8.21. The Balaban J connectivity index is 1.61. The summed E-state index contributed by atoms with van der Waals surface area (Å²) in [7, 11) is 0. The van der Waals surface area contributed by atoms with E-state index in [0.717, 1.165) is 24.2 Å². The molecule has 0 atom stereocenters. The van der Waals surface area contributed by atoms with Crippen LogP contribution < -0.4 is 5.32 Å². The summed E-state index contributed by atoms with van der Waals surface area (Å²) in [5.74, 6) is -0.422. The molecule has 0 saturated heterocycles. The van der Waals surface area contributed by atoms with Crippen molar-refractivity contribution in [3.63, 3.8) is 0 Å². The zero-order valence-corrected chi connectivity index (χ0v) is 14.4. The molecule has 0 unspecified atom stereocenters. The quantitative estimate of drug-likeness (QED) is 0.715. The molecular weight excluding hydrogens is 361 g/mol. The first-order chi connectivity index (χ1) is 12.8. The van der Waals surface area contributed by atoms with E-state index >= 15 is 0 Å². The Bertz CT molecular complexity index is 931. The Morgan fingerprint density at radius 1 is 1.19 bits per heavy atom. The van der Waals surface area contributed by atoms with Crippen LogP contribution in [0.25, 0.3) is 0 Å². The van der Waals surface area contributed by atoms with E-state index in [9.17, 15) is 18.0 Å². The summed E-state index contributed by atoms with van der Waals surface area (Å²) in [6, 6.07) is 4.94. The van der Waals surface area contributed by atoms with E-state index in [2.05, 4.69) is 20.7 Å². The van der Waals surface area contributed by atoms with E-state index in [0.29, 0.717) is 12.1 Å². The molecule has 1 N–H and O–H groups in total. The molecule has 0 radical (unpaired) electrons. The number of aromatic nitrogens is 5. The molecule has 0 aliphatic carbocycles. The molecule has 2 heterocycles. The van der Waals surface area contributed by atoms with Crippen molar-refractivity contribution >= 4 is 5.91 Å². The van der Waals surface area contributed by atoms with E-state index in [4.69, 9.17) is 0 Å². The van der Waals surface area contributed by atoms with Gasteiger partial charge in [0.25, 0.3) is 5.91 Å². The predicted molar refractivity (Wildman–Crippen MR) is 89.6 cm³/mol. The lowest BCUT2D eigenvalue weighted by molar-refractivity contribution is -0.137. The van der Waals surface area contributed by atoms with Gasteiger partial charge in [-0.25, -0.2) is 4.68 Å². The van der Waals surface area contributed by atoms with Gasteiger partial charge < -0.3 is 5.32 Å². The molecule has 0 spiro atoms. The van der Waals surface area contributed by atoms with Crippen LogP contribution in [0, 0.1) is 0 Å². The number of carbonyl (C=O) groups is 1. The third-order valence-corrected chi connectivity index (χ3v) is 3.83. The van der Waals surface area contributed by atoms with Gasteiger partial charge >= 0.3 is 6.18 Å². The molecule has 7 nitrogen and oxygen atoms in total. The van der Waals surface area contributed by atoms with Gasteiger partial charge in [-0.2, -0.15) is 18.3 Å². The molecule has 3 aromatic rings. The molecule has 1 amide bonds. The number of nitrogens with zero attached hydrogens (tertiary/aromatic N) is 5. The zero-order chi connectivity index (χ0) is 19.4. The van der Waals surface area contributed by atoms with Crippen LogP contribution in [0.5, 0.6) is 0 Å². The SMILES string of the molecule is CCn1cc(CNC(=O)c2cn(Cc3cccc(C(F)(F)F)c3)nn2)cn1. The van der Waals surface area contributed by atoms with Gasteiger partial charge in [-0.3, -0.25) is 9.48 Å². The number of hydrogen-bond acceptors (Lipinski definition) is 4. The topological polar surface area (TPSA) is 77.6 Å². The maximum Gasteiger partial charge on any atom is 0.416 e. The second kappa shape index (κ2) is 7.60. The summed E-state index contributed by atoms with van der Waals surface area (Å²) in [6.45, 7) is 3.06. The largest absolute Gasteiger partial charge is 0.416 e. The monoisotopic (exact) mass is 378 g/mol.